The van der Waals surface area contributed by atoms with Gasteiger partial charge in [0, 0.05) is 38.7 Å². The van der Waals surface area contributed by atoms with Crippen LogP contribution in [-0.2, 0) is 18.3 Å². The number of aryl methyl sites for hydroxylation is 3. The van der Waals surface area contributed by atoms with Gasteiger partial charge in [-0.1, -0.05) is 0 Å². The van der Waals surface area contributed by atoms with Crippen molar-refractivity contribution in [3.8, 4) is 5.88 Å². The van der Waals surface area contributed by atoms with Crippen LogP contribution in [-0.4, -0.2) is 39.2 Å². The number of nitrogens with zero attached hydrogens (tertiary/aromatic N) is 4. The lowest BCUT2D eigenvalue weighted by Crippen LogP contribution is -2.32. The van der Waals surface area contributed by atoms with Crippen molar-refractivity contribution in [2.24, 2.45) is 7.05 Å². The number of likely N-dealkylation sites (tertiary alicyclic amines) is 1. The van der Waals surface area contributed by atoms with E-state index in [0.29, 0.717) is 24.5 Å². The number of carbonyl (C=O) groups excluding carboxylic acids is 1. The molecule has 1 aliphatic heterocycles. The van der Waals surface area contributed by atoms with Crippen molar-refractivity contribution in [3.63, 3.8) is 0 Å². The van der Waals surface area contributed by atoms with Gasteiger partial charge in [-0.3, -0.25) is 4.79 Å². The molecule has 7 nitrogen and oxygen atoms in total. The molecule has 2 aromatic heterocycles. The minimum absolute atomic E-state index is 0.0745. The van der Waals surface area contributed by atoms with Gasteiger partial charge in [-0.2, -0.15) is 0 Å². The predicted octanol–water partition coefficient (Wildman–Crippen LogP) is 2.02. The zero-order chi connectivity index (χ0) is 16.4. The summed E-state index contributed by atoms with van der Waals surface area (Å²) < 4.78 is 12.1. The molecule has 1 aliphatic rings. The molecule has 23 heavy (non-hydrogen) atoms. The predicted molar refractivity (Wildman–Crippen MR) is 83.0 cm³/mol. The summed E-state index contributed by atoms with van der Waals surface area (Å²) in [5, 5.41) is 3.75. The third kappa shape index (κ3) is 3.23. The van der Waals surface area contributed by atoms with Crippen LogP contribution >= 0.6 is 0 Å². The summed E-state index contributed by atoms with van der Waals surface area (Å²) >= 11 is 0. The van der Waals surface area contributed by atoms with Crippen LogP contribution < -0.4 is 4.74 Å². The van der Waals surface area contributed by atoms with Crippen molar-refractivity contribution < 1.29 is 14.1 Å². The zero-order valence-electron chi connectivity index (χ0n) is 13.8. The molecule has 0 N–H and O–H groups in total. The largest absolute Gasteiger partial charge is 0.479 e. The monoisotopic (exact) mass is 318 g/mol. The van der Waals surface area contributed by atoms with Crippen LogP contribution in [0.3, 0.4) is 0 Å². The Kier molecular flexibility index (Phi) is 4.36. The molecule has 124 valence electrons. The van der Waals surface area contributed by atoms with E-state index in [2.05, 4.69) is 10.1 Å². The minimum atomic E-state index is 0.0745. The van der Waals surface area contributed by atoms with Gasteiger partial charge in [-0.05, 0) is 24.9 Å². The third-order valence-electron chi connectivity index (χ3n) is 4.24. The van der Waals surface area contributed by atoms with Crippen molar-refractivity contribution in [2.45, 2.75) is 38.6 Å². The van der Waals surface area contributed by atoms with E-state index < -0.39 is 0 Å². The van der Waals surface area contributed by atoms with E-state index in [0.717, 1.165) is 30.9 Å². The molecular formula is C16H22N4O3. The average molecular weight is 318 g/mol. The number of ether oxygens (including phenoxy) is 1. The standard InChI is InChI=1S/C16H22N4O3/c1-11-10-19(2)16(17-11)13-5-4-8-20(13)15(21)7-6-12-9-14(22-3)18-23-12/h9-10,13H,4-8H2,1-3H3/t13-/m0/s1. The minimum Gasteiger partial charge on any atom is -0.479 e. The maximum Gasteiger partial charge on any atom is 0.254 e. The van der Waals surface area contributed by atoms with Gasteiger partial charge in [0.25, 0.3) is 5.88 Å². The Hall–Kier alpha value is -2.31. The second-order valence-corrected chi connectivity index (χ2v) is 5.93. The second-order valence-electron chi connectivity index (χ2n) is 5.93. The molecule has 2 aromatic rings. The fourth-order valence-electron chi connectivity index (χ4n) is 3.16. The summed E-state index contributed by atoms with van der Waals surface area (Å²) in [6.07, 6.45) is 4.90. The Morgan fingerprint density at radius 3 is 3.00 bits per heavy atom. The van der Waals surface area contributed by atoms with E-state index in [1.807, 2.05) is 29.6 Å². The maximum atomic E-state index is 12.6. The summed E-state index contributed by atoms with van der Waals surface area (Å²) in [6.45, 7) is 2.76. The van der Waals surface area contributed by atoms with Crippen molar-refractivity contribution in [1.82, 2.24) is 19.6 Å². The highest BCUT2D eigenvalue weighted by Gasteiger charge is 2.32. The van der Waals surface area contributed by atoms with Gasteiger partial charge in [-0.15, -0.1) is 0 Å². The second kappa shape index (κ2) is 6.44. The zero-order valence-corrected chi connectivity index (χ0v) is 13.8. The van der Waals surface area contributed by atoms with Gasteiger partial charge in [0.15, 0.2) is 0 Å². The molecule has 0 radical (unpaired) electrons. The van der Waals surface area contributed by atoms with Crippen LogP contribution in [0.1, 0.15) is 42.6 Å². The smallest absolute Gasteiger partial charge is 0.254 e. The molecule has 0 aliphatic carbocycles. The molecular weight excluding hydrogens is 296 g/mol. The molecule has 0 unspecified atom stereocenters. The summed E-state index contributed by atoms with van der Waals surface area (Å²) in [6, 6.07) is 1.79. The average Bonchev–Trinajstić information content (AvgIpc) is 3.24. The van der Waals surface area contributed by atoms with Gasteiger partial charge in [0.1, 0.15) is 11.6 Å². The number of aromatic nitrogens is 3. The number of imidazole rings is 1. The summed E-state index contributed by atoms with van der Waals surface area (Å²) in [4.78, 5) is 19.1. The third-order valence-corrected chi connectivity index (χ3v) is 4.24. The Morgan fingerprint density at radius 2 is 2.35 bits per heavy atom. The first-order valence-corrected chi connectivity index (χ1v) is 7.87. The van der Waals surface area contributed by atoms with Crippen molar-refractivity contribution in [2.75, 3.05) is 13.7 Å². The van der Waals surface area contributed by atoms with Crippen molar-refractivity contribution in [1.29, 1.82) is 0 Å². The highest BCUT2D eigenvalue weighted by atomic mass is 16.5. The molecule has 1 fully saturated rings. The van der Waals surface area contributed by atoms with Crippen LogP contribution in [0.15, 0.2) is 16.8 Å². The first kappa shape index (κ1) is 15.6. The number of methoxy groups -OCH3 is 1. The molecule has 3 rings (SSSR count). The first-order chi connectivity index (χ1) is 11.1. The first-order valence-electron chi connectivity index (χ1n) is 7.87. The Labute approximate surface area is 135 Å². The van der Waals surface area contributed by atoms with Crippen LogP contribution in [0.25, 0.3) is 0 Å². The van der Waals surface area contributed by atoms with Gasteiger partial charge in [-0.25, -0.2) is 4.98 Å². The number of hydrogen-bond acceptors (Lipinski definition) is 5. The lowest BCUT2D eigenvalue weighted by molar-refractivity contribution is -0.132. The number of rotatable bonds is 5. The van der Waals surface area contributed by atoms with Crippen molar-refractivity contribution >= 4 is 5.91 Å². The molecule has 3 heterocycles. The Balaban J connectivity index is 1.65. The van der Waals surface area contributed by atoms with Gasteiger partial charge in [0.2, 0.25) is 5.91 Å². The normalized spacial score (nSPS) is 17.7. The van der Waals surface area contributed by atoms with Gasteiger partial charge < -0.3 is 18.7 Å². The molecule has 1 saturated heterocycles. The Bertz CT molecular complexity index is 691. The summed E-state index contributed by atoms with van der Waals surface area (Å²) in [7, 11) is 3.52. The molecule has 1 atom stereocenters. The molecule has 0 aromatic carbocycles. The molecule has 0 spiro atoms. The van der Waals surface area contributed by atoms with Crippen LogP contribution in [0.5, 0.6) is 5.88 Å². The number of hydrogen-bond donors (Lipinski definition) is 0. The van der Waals surface area contributed by atoms with Gasteiger partial charge in [0.05, 0.1) is 18.8 Å². The van der Waals surface area contributed by atoms with Gasteiger partial charge >= 0.3 is 0 Å². The van der Waals surface area contributed by atoms with E-state index in [9.17, 15) is 4.79 Å². The summed E-state index contributed by atoms with van der Waals surface area (Å²) in [5.41, 5.74) is 0.982. The quantitative estimate of drug-likeness (QED) is 0.843. The van der Waals surface area contributed by atoms with Crippen LogP contribution in [0, 0.1) is 6.92 Å². The van der Waals surface area contributed by atoms with Crippen LogP contribution in [0.4, 0.5) is 0 Å². The number of carbonyl (C=O) groups is 1. The molecule has 0 saturated carbocycles. The molecule has 7 heteroatoms. The summed E-state index contributed by atoms with van der Waals surface area (Å²) in [5.74, 6) is 2.20. The topological polar surface area (TPSA) is 73.4 Å². The highest BCUT2D eigenvalue weighted by Crippen LogP contribution is 2.31. The van der Waals surface area contributed by atoms with E-state index in [-0.39, 0.29) is 11.9 Å². The van der Waals surface area contributed by atoms with E-state index in [1.165, 1.54) is 7.11 Å². The fraction of sp³-hybridized carbons (Fsp3) is 0.562. The van der Waals surface area contributed by atoms with Crippen LogP contribution in [0.2, 0.25) is 0 Å². The fourth-order valence-corrected chi connectivity index (χ4v) is 3.16. The van der Waals surface area contributed by atoms with Crippen molar-refractivity contribution in [3.05, 3.63) is 29.5 Å². The molecule has 0 bridgehead atoms. The maximum absolute atomic E-state index is 12.6. The van der Waals surface area contributed by atoms with E-state index >= 15 is 0 Å². The lowest BCUT2D eigenvalue weighted by atomic mass is 10.2. The van der Waals surface area contributed by atoms with E-state index in [1.54, 1.807) is 6.07 Å². The molecule has 1 amide bonds. The number of amides is 1. The Morgan fingerprint density at radius 1 is 1.52 bits per heavy atom. The lowest BCUT2D eigenvalue weighted by Gasteiger charge is -2.24. The SMILES string of the molecule is COc1cc(CCC(=O)N2CCC[C@H]2c2nc(C)cn2C)on1. The highest BCUT2D eigenvalue weighted by molar-refractivity contribution is 5.77. The van der Waals surface area contributed by atoms with E-state index in [4.69, 9.17) is 9.26 Å².